The molecule has 0 aromatic carbocycles. The Bertz CT molecular complexity index is 1200. The minimum Gasteiger partial charge on any atom is -0.342 e. The monoisotopic (exact) mass is 443 g/mol. The number of fused-ring (bicyclic) bond motifs is 1. The molecule has 1 fully saturated rings. The molecule has 1 aliphatic heterocycles. The molecule has 0 radical (unpaired) electrons. The zero-order valence-electron chi connectivity index (χ0n) is 18.7. The molecule has 0 saturated carbocycles. The van der Waals surface area contributed by atoms with E-state index in [0.717, 1.165) is 35.6 Å². The van der Waals surface area contributed by atoms with Crippen molar-refractivity contribution in [3.05, 3.63) is 38.3 Å². The molecule has 9 nitrogen and oxygen atoms in total. The molecule has 3 aromatic rings. The number of hydrogen-bond acceptors (Lipinski definition) is 7. The van der Waals surface area contributed by atoms with Gasteiger partial charge in [0.15, 0.2) is 16.3 Å². The summed E-state index contributed by atoms with van der Waals surface area (Å²) in [4.78, 5) is 43.3. The Morgan fingerprint density at radius 3 is 2.39 bits per heavy atom. The number of aromatic amines is 1. The highest BCUT2D eigenvalue weighted by atomic mass is 32.2. The van der Waals surface area contributed by atoms with E-state index in [1.54, 1.807) is 18.8 Å². The summed E-state index contributed by atoms with van der Waals surface area (Å²) >= 11 is 1.56. The molecule has 10 heteroatoms. The second-order valence-electron chi connectivity index (χ2n) is 8.69. The number of hydrogen-bond donors (Lipinski definition) is 1. The molecule has 4 rings (SSSR count). The second-order valence-corrected chi connectivity index (χ2v) is 9.75. The molecule has 31 heavy (non-hydrogen) atoms. The molecule has 1 aliphatic rings. The molecular weight excluding hydrogens is 414 g/mol. The van der Waals surface area contributed by atoms with Gasteiger partial charge in [-0.05, 0) is 38.2 Å². The first-order chi connectivity index (χ1) is 14.7. The number of nitrogens with zero attached hydrogens (tertiary/aromatic N) is 6. The van der Waals surface area contributed by atoms with E-state index in [4.69, 9.17) is 4.98 Å². The van der Waals surface area contributed by atoms with E-state index in [2.05, 4.69) is 33.7 Å². The third-order valence-electron chi connectivity index (χ3n) is 5.65. The molecule has 0 amide bonds. The number of anilines is 1. The van der Waals surface area contributed by atoms with Crippen LogP contribution >= 0.6 is 11.8 Å². The van der Waals surface area contributed by atoms with Crippen molar-refractivity contribution in [1.29, 1.82) is 0 Å². The van der Waals surface area contributed by atoms with Gasteiger partial charge in [-0.3, -0.25) is 14.3 Å². The molecule has 1 saturated heterocycles. The molecule has 166 valence electrons. The summed E-state index contributed by atoms with van der Waals surface area (Å²) in [6, 6.07) is 1.95. The average molecular weight is 444 g/mol. The fourth-order valence-corrected chi connectivity index (χ4v) is 5.36. The Balaban J connectivity index is 1.72. The molecule has 4 heterocycles. The van der Waals surface area contributed by atoms with E-state index < -0.39 is 11.2 Å². The van der Waals surface area contributed by atoms with Crippen LogP contribution < -0.4 is 16.1 Å². The van der Waals surface area contributed by atoms with Gasteiger partial charge in [-0.2, -0.15) is 4.98 Å². The van der Waals surface area contributed by atoms with Crippen molar-refractivity contribution in [3.8, 4) is 0 Å². The van der Waals surface area contributed by atoms with E-state index in [1.807, 2.05) is 24.5 Å². The highest BCUT2D eigenvalue weighted by Gasteiger charge is 2.27. The van der Waals surface area contributed by atoms with E-state index in [9.17, 15) is 9.59 Å². The summed E-state index contributed by atoms with van der Waals surface area (Å²) in [5.41, 5.74) is 1.87. The van der Waals surface area contributed by atoms with Gasteiger partial charge in [0, 0.05) is 43.8 Å². The zero-order chi connectivity index (χ0) is 22.3. The fraction of sp³-hybridized carbons (Fsp3) is 0.571. The second kappa shape index (κ2) is 8.49. The van der Waals surface area contributed by atoms with Crippen molar-refractivity contribution in [1.82, 2.24) is 29.1 Å². The van der Waals surface area contributed by atoms with Crippen molar-refractivity contribution < 1.29 is 0 Å². The Labute approximate surface area is 184 Å². The van der Waals surface area contributed by atoms with Crippen LogP contribution in [0.1, 0.15) is 31.7 Å². The largest absolute Gasteiger partial charge is 0.342 e. The van der Waals surface area contributed by atoms with E-state index in [-0.39, 0.29) is 0 Å². The first kappa shape index (κ1) is 21.6. The van der Waals surface area contributed by atoms with Gasteiger partial charge >= 0.3 is 5.69 Å². The lowest BCUT2D eigenvalue weighted by molar-refractivity contribution is 0.352. The molecular formula is C21H29N7O2S. The van der Waals surface area contributed by atoms with Crippen molar-refractivity contribution >= 4 is 28.9 Å². The summed E-state index contributed by atoms with van der Waals surface area (Å²) in [6.45, 7) is 10.7. The van der Waals surface area contributed by atoms with Crippen LogP contribution in [0.4, 0.5) is 5.95 Å². The average Bonchev–Trinajstić information content (AvgIpc) is 3.05. The van der Waals surface area contributed by atoms with Gasteiger partial charge in [0.1, 0.15) is 0 Å². The maximum atomic E-state index is 12.7. The quantitative estimate of drug-likeness (QED) is 0.476. The number of H-pyrrole nitrogens is 1. The summed E-state index contributed by atoms with van der Waals surface area (Å²) in [5, 5.41) is 0.727. The number of piperidine rings is 1. The number of imidazole rings is 1. The normalized spacial score (nSPS) is 19.3. The maximum Gasteiger partial charge on any atom is 0.329 e. The highest BCUT2D eigenvalue weighted by molar-refractivity contribution is 7.99. The van der Waals surface area contributed by atoms with Crippen LogP contribution in [0.3, 0.4) is 0 Å². The summed E-state index contributed by atoms with van der Waals surface area (Å²) in [5.74, 6) is 2.51. The van der Waals surface area contributed by atoms with Crippen LogP contribution in [-0.2, 0) is 13.6 Å². The summed E-state index contributed by atoms with van der Waals surface area (Å²) < 4.78 is 3.36. The van der Waals surface area contributed by atoms with Crippen LogP contribution in [0, 0.1) is 25.7 Å². The number of nitrogens with one attached hydrogen (secondary N) is 1. The number of thioether (sulfide) groups is 1. The van der Waals surface area contributed by atoms with Gasteiger partial charge < -0.3 is 9.47 Å². The Hall–Kier alpha value is -2.62. The molecule has 0 bridgehead atoms. The summed E-state index contributed by atoms with van der Waals surface area (Å²) in [6.07, 6.45) is 1.18. The molecule has 0 aliphatic carbocycles. The van der Waals surface area contributed by atoms with Gasteiger partial charge in [-0.25, -0.2) is 14.8 Å². The fourth-order valence-electron chi connectivity index (χ4n) is 4.49. The lowest BCUT2D eigenvalue weighted by atomic mass is 9.92. The van der Waals surface area contributed by atoms with Gasteiger partial charge in [0.05, 0.1) is 0 Å². The third kappa shape index (κ3) is 4.39. The smallest absolute Gasteiger partial charge is 0.329 e. The maximum absolute atomic E-state index is 12.7. The minimum atomic E-state index is -0.452. The predicted octanol–water partition coefficient (Wildman–Crippen LogP) is 2.10. The van der Waals surface area contributed by atoms with Gasteiger partial charge in [0.2, 0.25) is 5.95 Å². The Morgan fingerprint density at radius 1 is 1.10 bits per heavy atom. The Kier molecular flexibility index (Phi) is 5.92. The first-order valence-electron chi connectivity index (χ1n) is 10.6. The van der Waals surface area contributed by atoms with E-state index >= 15 is 0 Å². The highest BCUT2D eigenvalue weighted by Crippen LogP contribution is 2.28. The first-order valence-corrected chi connectivity index (χ1v) is 11.6. The van der Waals surface area contributed by atoms with E-state index in [0.29, 0.717) is 35.3 Å². The lowest BCUT2D eigenvalue weighted by Gasteiger charge is -2.35. The van der Waals surface area contributed by atoms with Crippen LogP contribution in [0.25, 0.3) is 11.2 Å². The van der Waals surface area contributed by atoms with Crippen LogP contribution in [0.5, 0.6) is 0 Å². The van der Waals surface area contributed by atoms with Crippen molar-refractivity contribution in [3.63, 3.8) is 0 Å². The molecule has 0 spiro atoms. The molecule has 0 unspecified atom stereocenters. The van der Waals surface area contributed by atoms with E-state index in [1.165, 1.54) is 11.0 Å². The zero-order valence-corrected chi connectivity index (χ0v) is 19.5. The molecule has 2 atom stereocenters. The van der Waals surface area contributed by atoms with Gasteiger partial charge in [0.25, 0.3) is 5.56 Å². The van der Waals surface area contributed by atoms with Crippen LogP contribution in [-0.4, -0.2) is 47.9 Å². The van der Waals surface area contributed by atoms with Gasteiger partial charge in [-0.1, -0.05) is 25.6 Å². The van der Waals surface area contributed by atoms with Crippen LogP contribution in [0.2, 0.25) is 0 Å². The van der Waals surface area contributed by atoms with Crippen molar-refractivity contribution in [2.75, 3.05) is 23.7 Å². The number of aryl methyl sites for hydroxylation is 4. The van der Waals surface area contributed by atoms with Crippen molar-refractivity contribution in [2.45, 2.75) is 45.8 Å². The lowest BCUT2D eigenvalue weighted by Crippen LogP contribution is -2.40. The summed E-state index contributed by atoms with van der Waals surface area (Å²) in [7, 11) is 1.64. The standard InChI is InChI=1S/C21H29N7O2S/c1-12-8-13(2)11-27(10-12)20-24-17-16(18(29)25-21(30)26(17)5)28(20)6-7-31-19-22-14(3)9-15(4)23-19/h9,12-13H,6-8,10-11H2,1-5H3,(H,25,29,30)/t12-,13-/m0/s1. The number of rotatable bonds is 5. The Morgan fingerprint density at radius 2 is 1.74 bits per heavy atom. The molecule has 3 aromatic heterocycles. The molecule has 1 N–H and O–H groups in total. The van der Waals surface area contributed by atoms with Gasteiger partial charge in [-0.15, -0.1) is 0 Å². The predicted molar refractivity (Wildman–Crippen MR) is 123 cm³/mol. The third-order valence-corrected chi connectivity index (χ3v) is 6.47. The van der Waals surface area contributed by atoms with Crippen LogP contribution in [0.15, 0.2) is 20.8 Å². The number of aromatic nitrogens is 6. The SMILES string of the molecule is Cc1cc(C)nc(SCCn2c(N3C[C@@H](C)C[C@H](C)C3)nc3c2c(=O)[nH]c(=O)n3C)n1. The van der Waals surface area contributed by atoms with Crippen molar-refractivity contribution in [2.24, 2.45) is 18.9 Å². The minimum absolute atomic E-state index is 0.400. The topological polar surface area (TPSA) is 102 Å².